The lowest BCUT2D eigenvalue weighted by atomic mass is 10.2. The third kappa shape index (κ3) is 1.21. The standard InChI is InChI=1S/C8H5N7/c1-2-5(12-11-3-1)6-7-8(10-4-9-7)14-15-13-6/h1-4H,(H,9,10,13,14). The van der Waals surface area contributed by atoms with Gasteiger partial charge in [-0.25, -0.2) is 15.1 Å². The van der Waals surface area contributed by atoms with E-state index in [9.17, 15) is 0 Å². The van der Waals surface area contributed by atoms with E-state index in [0.717, 1.165) is 0 Å². The third-order valence-electron chi connectivity index (χ3n) is 1.94. The van der Waals surface area contributed by atoms with Gasteiger partial charge in [-0.15, -0.1) is 10.2 Å². The van der Waals surface area contributed by atoms with Gasteiger partial charge in [-0.3, -0.25) is 0 Å². The van der Waals surface area contributed by atoms with Crippen molar-refractivity contribution in [1.29, 1.82) is 0 Å². The maximum atomic E-state index is 4.08. The van der Waals surface area contributed by atoms with Gasteiger partial charge in [0.2, 0.25) is 0 Å². The summed E-state index contributed by atoms with van der Waals surface area (Å²) in [6.45, 7) is 0. The predicted octanol–water partition coefficient (Wildman–Crippen LogP) is 0.156. The number of fused-ring (bicyclic) bond motifs is 1. The molecule has 0 amide bonds. The van der Waals surface area contributed by atoms with Crippen molar-refractivity contribution in [3.8, 4) is 22.9 Å². The molecule has 0 saturated heterocycles. The summed E-state index contributed by atoms with van der Waals surface area (Å²) in [5, 5.41) is 18.0. The molecule has 2 aliphatic heterocycles. The number of aromatic nitrogens is 7. The smallest absolute Gasteiger partial charge is 0.177 e. The Morgan fingerprint density at radius 2 is 2.07 bits per heavy atom. The molecule has 0 aliphatic carbocycles. The molecule has 7 nitrogen and oxygen atoms in total. The van der Waals surface area contributed by atoms with Gasteiger partial charge in [-0.1, -0.05) is 5.21 Å². The molecule has 0 bridgehead atoms. The Bertz CT molecular complexity index is 546. The van der Waals surface area contributed by atoms with E-state index in [1.54, 1.807) is 18.3 Å². The zero-order chi connectivity index (χ0) is 10.1. The molecule has 15 heavy (non-hydrogen) atoms. The first-order valence-electron chi connectivity index (χ1n) is 4.25. The number of aromatic amines is 1. The predicted molar refractivity (Wildman–Crippen MR) is 49.6 cm³/mol. The fraction of sp³-hybridized carbons (Fsp3) is 0. The van der Waals surface area contributed by atoms with Crippen LogP contribution >= 0.6 is 0 Å². The van der Waals surface area contributed by atoms with Crippen molar-refractivity contribution < 1.29 is 0 Å². The van der Waals surface area contributed by atoms with E-state index in [0.29, 0.717) is 22.9 Å². The minimum atomic E-state index is 0.578. The maximum Gasteiger partial charge on any atom is 0.177 e. The molecule has 1 aromatic rings. The molecule has 0 atom stereocenters. The van der Waals surface area contributed by atoms with Crippen molar-refractivity contribution in [1.82, 2.24) is 35.6 Å². The van der Waals surface area contributed by atoms with Gasteiger partial charge in [-0.2, -0.15) is 5.10 Å². The lowest BCUT2D eigenvalue weighted by Gasteiger charge is -2.00. The molecule has 0 spiro atoms. The molecule has 1 aromatic heterocycles. The fourth-order valence-corrected chi connectivity index (χ4v) is 1.29. The zero-order valence-corrected chi connectivity index (χ0v) is 7.49. The Morgan fingerprint density at radius 1 is 1.07 bits per heavy atom. The van der Waals surface area contributed by atoms with E-state index < -0.39 is 0 Å². The van der Waals surface area contributed by atoms with Crippen molar-refractivity contribution in [3.63, 3.8) is 0 Å². The molecular formula is C8H5N7. The van der Waals surface area contributed by atoms with Gasteiger partial charge in [0.15, 0.2) is 5.82 Å². The molecule has 3 rings (SSSR count). The molecule has 2 aliphatic rings. The van der Waals surface area contributed by atoms with Crippen LogP contribution in [0, 0.1) is 0 Å². The first kappa shape index (κ1) is 7.92. The molecule has 7 heteroatoms. The van der Waals surface area contributed by atoms with Crippen LogP contribution in [0.4, 0.5) is 0 Å². The topological polar surface area (TPSA) is 93.1 Å². The van der Waals surface area contributed by atoms with Crippen molar-refractivity contribution in [2.45, 2.75) is 0 Å². The van der Waals surface area contributed by atoms with Crippen molar-refractivity contribution in [2.75, 3.05) is 0 Å². The molecule has 0 radical (unpaired) electrons. The lowest BCUT2D eigenvalue weighted by molar-refractivity contribution is 0.855. The van der Waals surface area contributed by atoms with Crippen molar-refractivity contribution >= 4 is 0 Å². The summed E-state index contributed by atoms with van der Waals surface area (Å²) < 4.78 is 0. The second-order valence-electron chi connectivity index (χ2n) is 2.84. The Hall–Kier alpha value is -2.44. The van der Waals surface area contributed by atoms with Crippen molar-refractivity contribution in [3.05, 3.63) is 24.7 Å². The molecular weight excluding hydrogens is 194 g/mol. The number of H-pyrrole nitrogens is 1. The van der Waals surface area contributed by atoms with Crippen LogP contribution in [0.2, 0.25) is 0 Å². The minimum absolute atomic E-state index is 0.578. The van der Waals surface area contributed by atoms with Crippen LogP contribution < -0.4 is 0 Å². The zero-order valence-electron chi connectivity index (χ0n) is 7.49. The Morgan fingerprint density at radius 3 is 2.93 bits per heavy atom. The SMILES string of the molecule is c1cnnc(-c2nn[nH]c3ncnc2-3)c1. The fourth-order valence-electron chi connectivity index (χ4n) is 1.29. The van der Waals surface area contributed by atoms with Gasteiger partial charge < -0.3 is 0 Å². The van der Waals surface area contributed by atoms with E-state index in [2.05, 4.69) is 35.6 Å². The highest BCUT2D eigenvalue weighted by Gasteiger charge is 2.16. The van der Waals surface area contributed by atoms with Crippen LogP contribution in [0.25, 0.3) is 22.9 Å². The average Bonchev–Trinajstić information content (AvgIpc) is 2.78. The molecule has 0 unspecified atom stereocenters. The normalized spacial score (nSPS) is 10.7. The lowest BCUT2D eigenvalue weighted by Crippen LogP contribution is -1.99. The number of rotatable bonds is 1. The van der Waals surface area contributed by atoms with Crippen LogP contribution in [-0.2, 0) is 0 Å². The maximum absolute atomic E-state index is 4.08. The summed E-state index contributed by atoms with van der Waals surface area (Å²) in [7, 11) is 0. The molecule has 1 N–H and O–H groups in total. The molecule has 72 valence electrons. The van der Waals surface area contributed by atoms with Gasteiger partial charge in [0.25, 0.3) is 0 Å². The van der Waals surface area contributed by atoms with E-state index >= 15 is 0 Å². The second-order valence-corrected chi connectivity index (χ2v) is 2.84. The number of hydrogen-bond donors (Lipinski definition) is 1. The van der Waals surface area contributed by atoms with Crippen molar-refractivity contribution in [2.24, 2.45) is 0 Å². The minimum Gasteiger partial charge on any atom is -0.240 e. The van der Waals surface area contributed by atoms with Gasteiger partial charge in [0.05, 0.1) is 0 Å². The highest BCUT2D eigenvalue weighted by molar-refractivity contribution is 5.71. The summed E-state index contributed by atoms with van der Waals surface area (Å²) >= 11 is 0. The summed E-state index contributed by atoms with van der Waals surface area (Å²) in [4.78, 5) is 8.07. The summed E-state index contributed by atoms with van der Waals surface area (Å²) in [6.07, 6.45) is 3.05. The van der Waals surface area contributed by atoms with Gasteiger partial charge in [-0.05, 0) is 12.1 Å². The van der Waals surface area contributed by atoms with Crippen LogP contribution in [0.3, 0.4) is 0 Å². The first-order valence-corrected chi connectivity index (χ1v) is 4.25. The van der Waals surface area contributed by atoms with Gasteiger partial charge >= 0.3 is 0 Å². The third-order valence-corrected chi connectivity index (χ3v) is 1.94. The molecule has 0 fully saturated rings. The quantitative estimate of drug-likeness (QED) is 0.599. The molecule has 0 aromatic carbocycles. The molecule has 0 saturated carbocycles. The highest BCUT2D eigenvalue weighted by atomic mass is 15.3. The van der Waals surface area contributed by atoms with Crippen LogP contribution in [0.1, 0.15) is 0 Å². The Kier molecular flexibility index (Phi) is 1.61. The number of imidazole rings is 1. The van der Waals surface area contributed by atoms with E-state index in [4.69, 9.17) is 0 Å². The molecule has 3 heterocycles. The highest BCUT2D eigenvalue weighted by Crippen LogP contribution is 2.23. The number of hydrogen-bond acceptors (Lipinski definition) is 6. The monoisotopic (exact) mass is 199 g/mol. The number of nitrogens with one attached hydrogen (secondary N) is 1. The van der Waals surface area contributed by atoms with E-state index in [1.807, 2.05) is 0 Å². The Balaban J connectivity index is 2.25. The van der Waals surface area contributed by atoms with E-state index in [-0.39, 0.29) is 0 Å². The van der Waals surface area contributed by atoms with Gasteiger partial charge in [0.1, 0.15) is 23.4 Å². The summed E-state index contributed by atoms with van der Waals surface area (Å²) in [6, 6.07) is 3.58. The second kappa shape index (κ2) is 3.05. The van der Waals surface area contributed by atoms with Crippen LogP contribution in [0.5, 0.6) is 0 Å². The van der Waals surface area contributed by atoms with Gasteiger partial charge in [0, 0.05) is 6.20 Å². The van der Waals surface area contributed by atoms with E-state index in [1.165, 1.54) is 6.33 Å². The Labute approximate surface area is 84.0 Å². The summed E-state index contributed by atoms with van der Waals surface area (Å²) in [5.41, 5.74) is 1.85. The first-order chi connectivity index (χ1) is 7.45. The number of nitrogens with zero attached hydrogens (tertiary/aromatic N) is 6. The summed E-state index contributed by atoms with van der Waals surface area (Å²) in [5.74, 6) is 0.589. The average molecular weight is 199 g/mol. The van der Waals surface area contributed by atoms with Crippen LogP contribution in [0.15, 0.2) is 24.7 Å². The van der Waals surface area contributed by atoms with Crippen LogP contribution in [-0.4, -0.2) is 35.6 Å². The largest absolute Gasteiger partial charge is 0.240 e.